The maximum Gasteiger partial charge on any atom is 0.232 e. The first-order valence-electron chi connectivity index (χ1n) is 5.04. The van der Waals surface area contributed by atoms with Crippen molar-refractivity contribution in [1.29, 1.82) is 0 Å². The monoisotopic (exact) mass is 210 g/mol. The Morgan fingerprint density at radius 2 is 2.07 bits per heavy atom. The van der Waals surface area contributed by atoms with Gasteiger partial charge in [-0.05, 0) is 24.5 Å². The maximum absolute atomic E-state index is 12.1. The van der Waals surface area contributed by atoms with Gasteiger partial charge in [0.2, 0.25) is 7.37 Å². The fourth-order valence-electron chi connectivity index (χ4n) is 1.93. The minimum Gasteiger partial charge on any atom is -0.341 e. The van der Waals surface area contributed by atoms with Crippen LogP contribution in [0.5, 0.6) is 0 Å². The lowest BCUT2D eigenvalue weighted by Crippen LogP contribution is -2.08. The van der Waals surface area contributed by atoms with Crippen LogP contribution in [0.1, 0.15) is 19.8 Å². The molecule has 0 spiro atoms. The molecular weight excluding hydrogens is 195 g/mol. The second kappa shape index (κ2) is 3.52. The van der Waals surface area contributed by atoms with E-state index in [9.17, 15) is 9.46 Å². The van der Waals surface area contributed by atoms with E-state index in [4.69, 9.17) is 0 Å². The van der Waals surface area contributed by atoms with Gasteiger partial charge in [-0.2, -0.15) is 0 Å². The highest BCUT2D eigenvalue weighted by Gasteiger charge is 2.49. The van der Waals surface area contributed by atoms with Gasteiger partial charge in [0.1, 0.15) is 0 Å². The topological polar surface area (TPSA) is 37.3 Å². The Morgan fingerprint density at radius 1 is 1.43 bits per heavy atom. The molecule has 1 saturated carbocycles. The van der Waals surface area contributed by atoms with Crippen molar-refractivity contribution < 1.29 is 9.46 Å². The van der Waals surface area contributed by atoms with Gasteiger partial charge in [-0.15, -0.1) is 0 Å². The van der Waals surface area contributed by atoms with E-state index in [-0.39, 0.29) is 5.66 Å². The number of hydrogen-bond donors (Lipinski definition) is 1. The summed E-state index contributed by atoms with van der Waals surface area (Å²) in [5.74, 6) is 0.464. The lowest BCUT2D eigenvalue weighted by molar-refractivity contribution is 0.485. The molecule has 0 heterocycles. The molecule has 1 fully saturated rings. The third-order valence-electron chi connectivity index (χ3n) is 2.99. The van der Waals surface area contributed by atoms with Crippen LogP contribution < -0.4 is 5.30 Å². The molecule has 2 rings (SSSR count). The molecule has 0 saturated heterocycles. The summed E-state index contributed by atoms with van der Waals surface area (Å²) >= 11 is 0. The zero-order chi connectivity index (χ0) is 10.2. The molecule has 2 nitrogen and oxygen atoms in total. The minimum atomic E-state index is -3.08. The molecule has 3 heteroatoms. The fraction of sp³-hybridized carbons (Fsp3) is 0.455. The third-order valence-corrected chi connectivity index (χ3v) is 5.55. The zero-order valence-electron chi connectivity index (χ0n) is 8.26. The van der Waals surface area contributed by atoms with Gasteiger partial charge in [0.25, 0.3) is 0 Å². The van der Waals surface area contributed by atoms with Crippen molar-refractivity contribution >= 4 is 12.7 Å². The summed E-state index contributed by atoms with van der Waals surface area (Å²) in [6, 6.07) is 9.02. The van der Waals surface area contributed by atoms with Crippen molar-refractivity contribution in [2.45, 2.75) is 25.4 Å². The van der Waals surface area contributed by atoms with Gasteiger partial charge in [0.15, 0.2) is 0 Å². The van der Waals surface area contributed by atoms with Gasteiger partial charge < -0.3 is 4.89 Å². The first kappa shape index (κ1) is 9.95. The molecule has 1 aromatic carbocycles. The molecule has 3 atom stereocenters. The molecule has 0 aromatic heterocycles. The molecule has 0 bridgehead atoms. The first-order chi connectivity index (χ1) is 6.66. The van der Waals surface area contributed by atoms with E-state index in [1.165, 1.54) is 0 Å². The van der Waals surface area contributed by atoms with Crippen LogP contribution >= 0.6 is 7.37 Å². The summed E-state index contributed by atoms with van der Waals surface area (Å²) in [6.45, 7) is 2.08. The van der Waals surface area contributed by atoms with Gasteiger partial charge in [0, 0.05) is 11.0 Å². The van der Waals surface area contributed by atoms with Crippen molar-refractivity contribution in [3.8, 4) is 0 Å². The van der Waals surface area contributed by atoms with Crippen LogP contribution in [0.15, 0.2) is 30.3 Å². The molecular formula is C11H15O2P. The van der Waals surface area contributed by atoms with E-state index in [1.54, 1.807) is 12.1 Å². The second-order valence-corrected chi connectivity index (χ2v) is 6.36. The average Bonchev–Trinajstić information content (AvgIpc) is 2.98. The summed E-state index contributed by atoms with van der Waals surface area (Å²) < 4.78 is 12.1. The molecule has 1 unspecified atom stereocenters. The van der Waals surface area contributed by atoms with E-state index >= 15 is 0 Å². The third kappa shape index (κ3) is 1.65. The van der Waals surface area contributed by atoms with Crippen molar-refractivity contribution in [1.82, 2.24) is 0 Å². The molecule has 0 aliphatic heterocycles. The van der Waals surface area contributed by atoms with Crippen LogP contribution in [0.4, 0.5) is 0 Å². The van der Waals surface area contributed by atoms with Crippen molar-refractivity contribution in [2.24, 2.45) is 5.92 Å². The second-order valence-electron chi connectivity index (χ2n) is 3.93. The van der Waals surface area contributed by atoms with E-state index in [0.717, 1.165) is 12.8 Å². The van der Waals surface area contributed by atoms with Gasteiger partial charge in [-0.1, -0.05) is 31.5 Å². The molecule has 1 aromatic rings. The summed E-state index contributed by atoms with van der Waals surface area (Å²) in [5, 5.41) is 0.612. The van der Waals surface area contributed by atoms with Crippen LogP contribution in [0.2, 0.25) is 0 Å². The molecule has 14 heavy (non-hydrogen) atoms. The lowest BCUT2D eigenvalue weighted by atomic mass is 10.3. The maximum atomic E-state index is 12.1. The predicted molar refractivity (Wildman–Crippen MR) is 58.1 cm³/mol. The van der Waals surface area contributed by atoms with Crippen molar-refractivity contribution in [3.63, 3.8) is 0 Å². The van der Waals surface area contributed by atoms with E-state index in [2.05, 4.69) is 6.92 Å². The molecule has 0 radical (unpaired) electrons. The Hall–Kier alpha value is -0.590. The highest BCUT2D eigenvalue weighted by atomic mass is 31.2. The smallest absolute Gasteiger partial charge is 0.232 e. The lowest BCUT2D eigenvalue weighted by Gasteiger charge is -2.10. The van der Waals surface area contributed by atoms with Gasteiger partial charge >= 0.3 is 0 Å². The molecule has 0 amide bonds. The fourth-order valence-corrected chi connectivity index (χ4v) is 4.25. The van der Waals surface area contributed by atoms with Gasteiger partial charge in [-0.3, -0.25) is 4.57 Å². The van der Waals surface area contributed by atoms with Crippen molar-refractivity contribution in [3.05, 3.63) is 30.3 Å². The van der Waals surface area contributed by atoms with Crippen LogP contribution in [0, 0.1) is 5.92 Å². The highest BCUT2D eigenvalue weighted by Crippen LogP contribution is 2.60. The number of rotatable bonds is 3. The molecule has 1 aliphatic rings. The SMILES string of the molecule is CC[C@@H]1C[C@@H]1P(=O)(O)c1ccccc1. The minimum absolute atomic E-state index is 0.0231. The average molecular weight is 210 g/mol. The summed E-state index contributed by atoms with van der Waals surface area (Å²) in [7, 11) is -3.08. The molecule has 1 aliphatic carbocycles. The molecule has 76 valence electrons. The van der Waals surface area contributed by atoms with Crippen LogP contribution in [-0.2, 0) is 4.57 Å². The van der Waals surface area contributed by atoms with Crippen LogP contribution in [0.25, 0.3) is 0 Å². The standard InChI is InChI=1S/C11H15O2P/c1-2-9-8-11(9)14(12,13)10-6-4-3-5-7-10/h3-7,9,11H,2,8H2,1H3,(H,12,13)/t9-,11+/m1/s1. The molecule has 1 N–H and O–H groups in total. The predicted octanol–water partition coefficient (Wildman–Crippen LogP) is 2.38. The van der Waals surface area contributed by atoms with Crippen molar-refractivity contribution in [2.75, 3.05) is 0 Å². The summed E-state index contributed by atoms with van der Waals surface area (Å²) in [4.78, 5) is 9.98. The first-order valence-corrected chi connectivity index (χ1v) is 6.77. The van der Waals surface area contributed by atoms with Gasteiger partial charge in [-0.25, -0.2) is 0 Å². The van der Waals surface area contributed by atoms with Gasteiger partial charge in [0.05, 0.1) is 0 Å². The quantitative estimate of drug-likeness (QED) is 0.778. The highest BCUT2D eigenvalue weighted by molar-refractivity contribution is 7.67. The van der Waals surface area contributed by atoms with E-state index < -0.39 is 7.37 Å². The largest absolute Gasteiger partial charge is 0.341 e. The van der Waals surface area contributed by atoms with Crippen LogP contribution in [0.3, 0.4) is 0 Å². The Kier molecular flexibility index (Phi) is 2.50. The Morgan fingerprint density at radius 3 is 2.57 bits per heavy atom. The summed E-state index contributed by atoms with van der Waals surface area (Å²) in [6.07, 6.45) is 1.93. The van der Waals surface area contributed by atoms with E-state index in [1.807, 2.05) is 18.2 Å². The number of hydrogen-bond acceptors (Lipinski definition) is 1. The Labute approximate surface area is 84.4 Å². The Balaban J connectivity index is 2.22. The zero-order valence-corrected chi connectivity index (χ0v) is 9.15. The van der Waals surface area contributed by atoms with Crippen LogP contribution in [-0.4, -0.2) is 10.6 Å². The normalized spacial score (nSPS) is 29.6. The summed E-state index contributed by atoms with van der Waals surface area (Å²) in [5.41, 5.74) is 0.0231. The number of benzene rings is 1. The van der Waals surface area contributed by atoms with E-state index in [0.29, 0.717) is 11.2 Å². The Bertz CT molecular complexity index is 361.